The Labute approximate surface area is 175 Å². The molecule has 0 radical (unpaired) electrons. The topological polar surface area (TPSA) is 111 Å². The summed E-state index contributed by atoms with van der Waals surface area (Å²) in [4.78, 5) is 31.3. The van der Waals surface area contributed by atoms with Gasteiger partial charge < -0.3 is 14.5 Å². The standard InChI is InChI=1S/C20H17N5O4S/c1-28-14-5-3-13(4-6-14)25-8-7-15(24-25)18(26)23-20-22-17(11-30-20)12-9-16(21-10-12)19(27)29-2/h3-11,21H,1-2H3,(H,22,23,26). The van der Waals surface area contributed by atoms with Crippen molar-refractivity contribution >= 4 is 28.3 Å². The molecule has 3 aromatic heterocycles. The van der Waals surface area contributed by atoms with Gasteiger partial charge in [-0.3, -0.25) is 10.1 Å². The van der Waals surface area contributed by atoms with Gasteiger partial charge in [0.1, 0.15) is 11.4 Å². The number of carbonyl (C=O) groups excluding carboxylic acids is 2. The molecule has 0 bridgehead atoms. The molecule has 0 saturated carbocycles. The van der Waals surface area contributed by atoms with Crippen molar-refractivity contribution in [3.8, 4) is 22.7 Å². The molecule has 0 aliphatic heterocycles. The van der Waals surface area contributed by atoms with Gasteiger partial charge in [0.2, 0.25) is 0 Å². The fourth-order valence-corrected chi connectivity index (χ4v) is 3.43. The lowest BCUT2D eigenvalue weighted by molar-refractivity contribution is 0.0594. The molecule has 10 heteroatoms. The highest BCUT2D eigenvalue weighted by Crippen LogP contribution is 2.26. The predicted molar refractivity (Wildman–Crippen MR) is 111 cm³/mol. The van der Waals surface area contributed by atoms with E-state index in [1.807, 2.05) is 24.3 Å². The Hall–Kier alpha value is -3.92. The van der Waals surface area contributed by atoms with Crippen molar-refractivity contribution in [3.63, 3.8) is 0 Å². The van der Waals surface area contributed by atoms with Crippen molar-refractivity contribution in [2.24, 2.45) is 0 Å². The maximum atomic E-state index is 12.5. The van der Waals surface area contributed by atoms with E-state index in [-0.39, 0.29) is 11.6 Å². The lowest BCUT2D eigenvalue weighted by Gasteiger charge is -2.03. The number of esters is 1. The van der Waals surface area contributed by atoms with Gasteiger partial charge >= 0.3 is 5.97 Å². The number of nitrogens with zero attached hydrogens (tertiary/aromatic N) is 3. The van der Waals surface area contributed by atoms with Crippen molar-refractivity contribution < 1.29 is 19.1 Å². The van der Waals surface area contributed by atoms with Crippen LogP contribution in [0.25, 0.3) is 16.9 Å². The van der Waals surface area contributed by atoms with Crippen molar-refractivity contribution in [1.29, 1.82) is 0 Å². The maximum Gasteiger partial charge on any atom is 0.354 e. The Kier molecular flexibility index (Phi) is 5.31. The molecule has 152 valence electrons. The van der Waals surface area contributed by atoms with Crippen LogP contribution in [0, 0.1) is 0 Å². The quantitative estimate of drug-likeness (QED) is 0.460. The molecule has 0 aliphatic rings. The van der Waals surface area contributed by atoms with E-state index in [9.17, 15) is 9.59 Å². The number of H-pyrrole nitrogens is 1. The van der Waals surface area contributed by atoms with Crippen LogP contribution in [-0.2, 0) is 4.74 Å². The minimum Gasteiger partial charge on any atom is -0.497 e. The zero-order valence-electron chi connectivity index (χ0n) is 16.1. The smallest absolute Gasteiger partial charge is 0.354 e. The lowest BCUT2D eigenvalue weighted by atomic mass is 10.2. The molecule has 2 N–H and O–H groups in total. The zero-order valence-corrected chi connectivity index (χ0v) is 16.9. The van der Waals surface area contributed by atoms with Gasteiger partial charge in [-0.25, -0.2) is 14.5 Å². The van der Waals surface area contributed by atoms with Gasteiger partial charge in [-0.1, -0.05) is 0 Å². The number of rotatable bonds is 6. The SMILES string of the molecule is COC(=O)c1cc(-c2csc(NC(=O)c3ccn(-c4ccc(OC)cc4)n3)n2)c[nH]1. The Morgan fingerprint density at radius 1 is 1.17 bits per heavy atom. The highest BCUT2D eigenvalue weighted by atomic mass is 32.1. The number of hydrogen-bond acceptors (Lipinski definition) is 7. The van der Waals surface area contributed by atoms with E-state index in [2.05, 4.69) is 25.1 Å². The molecule has 1 amide bonds. The molecule has 0 spiro atoms. The number of nitrogens with one attached hydrogen (secondary N) is 2. The highest BCUT2D eigenvalue weighted by Gasteiger charge is 2.15. The number of benzene rings is 1. The number of amides is 1. The molecule has 0 unspecified atom stereocenters. The number of anilines is 1. The molecule has 4 aromatic rings. The molecular weight excluding hydrogens is 406 g/mol. The van der Waals surface area contributed by atoms with Crippen LogP contribution in [0.2, 0.25) is 0 Å². The first-order valence-electron chi connectivity index (χ1n) is 8.81. The van der Waals surface area contributed by atoms with Gasteiger partial charge in [-0.15, -0.1) is 11.3 Å². The molecule has 0 aliphatic carbocycles. The summed E-state index contributed by atoms with van der Waals surface area (Å²) in [6.07, 6.45) is 3.36. The van der Waals surface area contributed by atoms with E-state index < -0.39 is 5.97 Å². The summed E-state index contributed by atoms with van der Waals surface area (Å²) in [7, 11) is 2.92. The summed E-state index contributed by atoms with van der Waals surface area (Å²) >= 11 is 1.28. The average molecular weight is 423 g/mol. The second kappa shape index (κ2) is 8.21. The predicted octanol–water partition coefficient (Wildman–Crippen LogP) is 3.37. The third kappa shape index (κ3) is 3.94. The number of aromatic nitrogens is 4. The van der Waals surface area contributed by atoms with Gasteiger partial charge in [0.25, 0.3) is 5.91 Å². The molecule has 3 heterocycles. The number of aromatic amines is 1. The van der Waals surface area contributed by atoms with E-state index in [4.69, 9.17) is 4.74 Å². The van der Waals surface area contributed by atoms with Gasteiger partial charge in [0.05, 0.1) is 25.6 Å². The van der Waals surface area contributed by atoms with Gasteiger partial charge in [0, 0.05) is 23.3 Å². The van der Waals surface area contributed by atoms with Gasteiger partial charge in [0.15, 0.2) is 10.8 Å². The highest BCUT2D eigenvalue weighted by molar-refractivity contribution is 7.14. The normalized spacial score (nSPS) is 10.6. The summed E-state index contributed by atoms with van der Waals surface area (Å²) in [5.41, 5.74) is 2.74. The molecule has 0 fully saturated rings. The molecule has 1 aromatic carbocycles. The van der Waals surface area contributed by atoms with Crippen molar-refractivity contribution in [1.82, 2.24) is 19.7 Å². The van der Waals surface area contributed by atoms with Crippen LogP contribution < -0.4 is 10.1 Å². The van der Waals surface area contributed by atoms with Crippen molar-refractivity contribution in [2.75, 3.05) is 19.5 Å². The molecule has 9 nitrogen and oxygen atoms in total. The van der Waals surface area contributed by atoms with Gasteiger partial charge in [-0.05, 0) is 36.4 Å². The van der Waals surface area contributed by atoms with Gasteiger partial charge in [-0.2, -0.15) is 5.10 Å². The molecule has 30 heavy (non-hydrogen) atoms. The molecular formula is C20H17N5O4S. The maximum absolute atomic E-state index is 12.5. The van der Waals surface area contributed by atoms with Crippen LogP contribution in [0.4, 0.5) is 5.13 Å². The summed E-state index contributed by atoms with van der Waals surface area (Å²) in [6.45, 7) is 0. The first-order chi connectivity index (χ1) is 14.6. The average Bonchev–Trinajstić information content (AvgIpc) is 3.53. The van der Waals surface area contributed by atoms with E-state index in [1.54, 1.807) is 41.7 Å². The summed E-state index contributed by atoms with van der Waals surface area (Å²) in [5, 5.41) is 9.27. The Morgan fingerprint density at radius 2 is 1.97 bits per heavy atom. The number of hydrogen-bond donors (Lipinski definition) is 2. The first kappa shape index (κ1) is 19.4. The summed E-state index contributed by atoms with van der Waals surface area (Å²) < 4.78 is 11.4. The van der Waals surface area contributed by atoms with E-state index >= 15 is 0 Å². The summed E-state index contributed by atoms with van der Waals surface area (Å²) in [5.74, 6) is -0.0884. The molecule has 0 saturated heterocycles. The van der Waals surface area contributed by atoms with Crippen LogP contribution in [0.1, 0.15) is 21.0 Å². The molecule has 4 rings (SSSR count). The van der Waals surface area contributed by atoms with Crippen LogP contribution in [0.5, 0.6) is 5.75 Å². The number of thiazole rings is 1. The van der Waals surface area contributed by atoms with E-state index in [0.29, 0.717) is 16.5 Å². The summed E-state index contributed by atoms with van der Waals surface area (Å²) in [6, 6.07) is 10.6. The Morgan fingerprint density at radius 3 is 2.70 bits per heavy atom. The third-order valence-electron chi connectivity index (χ3n) is 4.27. The third-order valence-corrected chi connectivity index (χ3v) is 5.03. The van der Waals surface area contributed by atoms with Crippen LogP contribution in [-0.4, -0.2) is 45.8 Å². The van der Waals surface area contributed by atoms with E-state index in [1.165, 1.54) is 18.4 Å². The van der Waals surface area contributed by atoms with Crippen molar-refractivity contribution in [2.45, 2.75) is 0 Å². The Bertz CT molecular complexity index is 1190. The number of methoxy groups -OCH3 is 2. The minimum atomic E-state index is -0.461. The van der Waals surface area contributed by atoms with Crippen LogP contribution >= 0.6 is 11.3 Å². The first-order valence-corrected chi connectivity index (χ1v) is 9.69. The van der Waals surface area contributed by atoms with Crippen molar-refractivity contribution in [3.05, 3.63) is 65.6 Å². The Balaban J connectivity index is 1.45. The van der Waals surface area contributed by atoms with Crippen LogP contribution in [0.15, 0.2) is 54.2 Å². The minimum absolute atomic E-state index is 0.261. The van der Waals surface area contributed by atoms with E-state index in [0.717, 1.165) is 17.0 Å². The fourth-order valence-electron chi connectivity index (χ4n) is 2.72. The van der Waals surface area contributed by atoms with Crippen LogP contribution in [0.3, 0.4) is 0 Å². The monoisotopic (exact) mass is 423 g/mol. The lowest BCUT2D eigenvalue weighted by Crippen LogP contribution is -2.13. The number of ether oxygens (including phenoxy) is 2. The second-order valence-electron chi connectivity index (χ2n) is 6.13. The zero-order chi connectivity index (χ0) is 21.1. The number of carbonyl (C=O) groups is 2. The largest absolute Gasteiger partial charge is 0.497 e. The second-order valence-corrected chi connectivity index (χ2v) is 6.99. The fraction of sp³-hybridized carbons (Fsp3) is 0.100. The molecule has 0 atom stereocenters.